The van der Waals surface area contributed by atoms with Crippen LogP contribution in [0.25, 0.3) is 0 Å². The van der Waals surface area contributed by atoms with Gasteiger partial charge >= 0.3 is 11.9 Å². The smallest absolute Gasteiger partial charge is 0.337 e. The van der Waals surface area contributed by atoms with Crippen molar-refractivity contribution in [2.75, 3.05) is 7.11 Å². The summed E-state index contributed by atoms with van der Waals surface area (Å²) in [5.74, 6) is -2.01. The minimum atomic E-state index is -0.919. The van der Waals surface area contributed by atoms with Gasteiger partial charge in [-0.15, -0.1) is 0 Å². The van der Waals surface area contributed by atoms with Gasteiger partial charge in [-0.1, -0.05) is 12.1 Å². The average Bonchev–Trinajstić information content (AvgIpc) is 2.27. The van der Waals surface area contributed by atoms with Crippen LogP contribution < -0.4 is 0 Å². The molecule has 1 aromatic rings. The first-order valence-electron chi connectivity index (χ1n) is 4.47. The van der Waals surface area contributed by atoms with E-state index in [9.17, 15) is 9.59 Å². The number of methoxy groups -OCH3 is 1. The first kappa shape index (κ1) is 11.2. The van der Waals surface area contributed by atoms with E-state index in [2.05, 4.69) is 4.74 Å². The number of hydrogen-bond acceptors (Lipinski definition) is 3. The van der Waals surface area contributed by atoms with Gasteiger partial charge in [-0.2, -0.15) is 0 Å². The van der Waals surface area contributed by atoms with Crippen LogP contribution in [0.15, 0.2) is 24.3 Å². The summed E-state index contributed by atoms with van der Waals surface area (Å²) in [6.07, 6.45) is 0. The fourth-order valence-electron chi connectivity index (χ4n) is 1.20. The van der Waals surface area contributed by atoms with Crippen LogP contribution in [0.5, 0.6) is 0 Å². The van der Waals surface area contributed by atoms with Crippen LogP contribution in [-0.4, -0.2) is 24.2 Å². The standard InChI is InChI=1S/C11H12O4/c1-7(10(12)13)8-4-3-5-9(6-8)11(14)15-2/h3-7H,1-2H3,(H,12,13). The first-order valence-corrected chi connectivity index (χ1v) is 4.47. The van der Waals surface area contributed by atoms with Crippen molar-refractivity contribution in [3.63, 3.8) is 0 Å². The van der Waals surface area contributed by atoms with E-state index < -0.39 is 17.9 Å². The Bertz CT molecular complexity index is 384. The molecule has 1 rings (SSSR count). The largest absolute Gasteiger partial charge is 0.481 e. The van der Waals surface area contributed by atoms with Crippen LogP contribution >= 0.6 is 0 Å². The molecule has 0 saturated heterocycles. The van der Waals surface area contributed by atoms with Crippen molar-refractivity contribution < 1.29 is 19.4 Å². The molecular weight excluding hydrogens is 196 g/mol. The lowest BCUT2D eigenvalue weighted by Gasteiger charge is -2.07. The number of esters is 1. The molecule has 1 atom stereocenters. The molecule has 0 spiro atoms. The summed E-state index contributed by atoms with van der Waals surface area (Å²) >= 11 is 0. The number of aliphatic carboxylic acids is 1. The molecule has 0 aliphatic heterocycles. The van der Waals surface area contributed by atoms with Gasteiger partial charge in [0.15, 0.2) is 0 Å². The molecule has 0 heterocycles. The van der Waals surface area contributed by atoms with Crippen molar-refractivity contribution in [2.24, 2.45) is 0 Å². The van der Waals surface area contributed by atoms with Crippen molar-refractivity contribution in [2.45, 2.75) is 12.8 Å². The molecule has 0 saturated carbocycles. The summed E-state index contributed by atoms with van der Waals surface area (Å²) in [7, 11) is 1.29. The lowest BCUT2D eigenvalue weighted by Crippen LogP contribution is -2.09. The van der Waals surface area contributed by atoms with Gasteiger partial charge in [0.25, 0.3) is 0 Å². The number of carbonyl (C=O) groups excluding carboxylic acids is 1. The molecule has 0 aromatic heterocycles. The molecule has 15 heavy (non-hydrogen) atoms. The van der Waals surface area contributed by atoms with Gasteiger partial charge in [-0.05, 0) is 24.6 Å². The number of carbonyl (C=O) groups is 2. The Hall–Kier alpha value is -1.84. The van der Waals surface area contributed by atoms with Crippen LogP contribution in [0, 0.1) is 0 Å². The zero-order valence-electron chi connectivity index (χ0n) is 8.56. The lowest BCUT2D eigenvalue weighted by atomic mass is 9.99. The summed E-state index contributed by atoms with van der Waals surface area (Å²) < 4.78 is 4.55. The maximum absolute atomic E-state index is 11.2. The minimum absolute atomic E-state index is 0.364. The summed E-state index contributed by atoms with van der Waals surface area (Å²) in [5, 5.41) is 8.81. The fraction of sp³-hybridized carbons (Fsp3) is 0.273. The van der Waals surface area contributed by atoms with Gasteiger partial charge in [-0.25, -0.2) is 4.79 Å². The van der Waals surface area contributed by atoms with E-state index in [1.54, 1.807) is 25.1 Å². The minimum Gasteiger partial charge on any atom is -0.481 e. The molecule has 4 nitrogen and oxygen atoms in total. The van der Waals surface area contributed by atoms with Gasteiger partial charge in [-0.3, -0.25) is 4.79 Å². The van der Waals surface area contributed by atoms with Gasteiger partial charge < -0.3 is 9.84 Å². The quantitative estimate of drug-likeness (QED) is 0.767. The third-order valence-electron chi connectivity index (χ3n) is 2.18. The normalized spacial score (nSPS) is 11.9. The molecule has 0 aliphatic rings. The summed E-state index contributed by atoms with van der Waals surface area (Å²) in [5.41, 5.74) is 0.952. The Morgan fingerprint density at radius 1 is 1.40 bits per heavy atom. The molecule has 0 amide bonds. The summed E-state index contributed by atoms with van der Waals surface area (Å²) in [4.78, 5) is 21.9. The van der Waals surface area contributed by atoms with E-state index in [0.29, 0.717) is 11.1 Å². The van der Waals surface area contributed by atoms with E-state index in [0.717, 1.165) is 0 Å². The highest BCUT2D eigenvalue weighted by atomic mass is 16.5. The highest BCUT2D eigenvalue weighted by Gasteiger charge is 2.15. The number of rotatable bonds is 3. The van der Waals surface area contributed by atoms with E-state index in [1.165, 1.54) is 13.2 Å². The second-order valence-electron chi connectivity index (χ2n) is 3.18. The van der Waals surface area contributed by atoms with Crippen LogP contribution in [0.2, 0.25) is 0 Å². The monoisotopic (exact) mass is 208 g/mol. The number of hydrogen-bond donors (Lipinski definition) is 1. The average molecular weight is 208 g/mol. The van der Waals surface area contributed by atoms with Crippen molar-refractivity contribution in [1.82, 2.24) is 0 Å². The van der Waals surface area contributed by atoms with Crippen molar-refractivity contribution in [3.05, 3.63) is 35.4 Å². The molecular formula is C11H12O4. The van der Waals surface area contributed by atoms with E-state index >= 15 is 0 Å². The zero-order chi connectivity index (χ0) is 11.4. The maximum Gasteiger partial charge on any atom is 0.337 e. The van der Waals surface area contributed by atoms with Crippen molar-refractivity contribution in [1.29, 1.82) is 0 Å². The molecule has 1 aromatic carbocycles. The van der Waals surface area contributed by atoms with Gasteiger partial charge in [0.1, 0.15) is 0 Å². The first-order chi connectivity index (χ1) is 7.06. The molecule has 0 aliphatic carbocycles. The second kappa shape index (κ2) is 4.59. The van der Waals surface area contributed by atoms with Crippen LogP contribution in [-0.2, 0) is 9.53 Å². The lowest BCUT2D eigenvalue weighted by molar-refractivity contribution is -0.138. The van der Waals surface area contributed by atoms with E-state index in [1.807, 2.05) is 0 Å². The third-order valence-corrected chi connectivity index (χ3v) is 2.18. The highest BCUT2D eigenvalue weighted by Crippen LogP contribution is 2.17. The molecule has 1 N–H and O–H groups in total. The molecule has 0 fully saturated rings. The Morgan fingerprint density at radius 2 is 2.07 bits per heavy atom. The third kappa shape index (κ3) is 2.56. The van der Waals surface area contributed by atoms with Crippen LogP contribution in [0.3, 0.4) is 0 Å². The van der Waals surface area contributed by atoms with Gasteiger partial charge in [0, 0.05) is 0 Å². The maximum atomic E-state index is 11.2. The van der Waals surface area contributed by atoms with Crippen molar-refractivity contribution >= 4 is 11.9 Å². The zero-order valence-corrected chi connectivity index (χ0v) is 8.56. The molecule has 0 radical (unpaired) electrons. The molecule has 4 heteroatoms. The highest BCUT2D eigenvalue weighted by molar-refractivity contribution is 5.90. The Morgan fingerprint density at radius 3 is 2.60 bits per heavy atom. The predicted octanol–water partition coefficient (Wildman–Crippen LogP) is 1.66. The SMILES string of the molecule is COC(=O)c1cccc(C(C)C(=O)O)c1. The number of benzene rings is 1. The number of carboxylic acid groups (broad SMARTS) is 1. The Kier molecular flexibility index (Phi) is 3.44. The Labute approximate surface area is 87.5 Å². The van der Waals surface area contributed by atoms with E-state index in [4.69, 9.17) is 5.11 Å². The fourth-order valence-corrected chi connectivity index (χ4v) is 1.20. The van der Waals surface area contributed by atoms with E-state index in [-0.39, 0.29) is 0 Å². The van der Waals surface area contributed by atoms with Crippen LogP contribution in [0.4, 0.5) is 0 Å². The van der Waals surface area contributed by atoms with Crippen molar-refractivity contribution in [3.8, 4) is 0 Å². The topological polar surface area (TPSA) is 63.6 Å². The molecule has 0 bridgehead atoms. The Balaban J connectivity index is 3.02. The summed E-state index contributed by atoms with van der Waals surface area (Å²) in [6, 6.07) is 6.43. The molecule has 80 valence electrons. The number of ether oxygens (including phenoxy) is 1. The van der Waals surface area contributed by atoms with Gasteiger partial charge in [0.2, 0.25) is 0 Å². The second-order valence-corrected chi connectivity index (χ2v) is 3.18. The summed E-state index contributed by atoms with van der Waals surface area (Å²) in [6.45, 7) is 1.57. The molecule has 1 unspecified atom stereocenters. The predicted molar refractivity (Wildman–Crippen MR) is 53.8 cm³/mol. The van der Waals surface area contributed by atoms with Gasteiger partial charge in [0.05, 0.1) is 18.6 Å². The van der Waals surface area contributed by atoms with Crippen LogP contribution in [0.1, 0.15) is 28.8 Å². The number of carboxylic acids is 1.